The molecule has 88 valence electrons. The molecule has 0 aromatic carbocycles. The molecule has 1 aromatic rings. The van der Waals surface area contributed by atoms with E-state index in [0.29, 0.717) is 0 Å². The van der Waals surface area contributed by atoms with Gasteiger partial charge in [0.2, 0.25) is 0 Å². The number of H-pyrrole nitrogens is 1. The van der Waals surface area contributed by atoms with Crippen molar-refractivity contribution < 1.29 is 0 Å². The van der Waals surface area contributed by atoms with Crippen LogP contribution in [0.25, 0.3) is 0 Å². The minimum absolute atomic E-state index is 0.0522. The van der Waals surface area contributed by atoms with Crippen LogP contribution in [0.5, 0.6) is 0 Å². The van der Waals surface area contributed by atoms with Gasteiger partial charge in [-0.05, 0) is 19.4 Å². The molecule has 16 heavy (non-hydrogen) atoms. The zero-order chi connectivity index (χ0) is 11.8. The van der Waals surface area contributed by atoms with Crippen LogP contribution in [-0.4, -0.2) is 16.5 Å². The van der Waals surface area contributed by atoms with Crippen LogP contribution in [0.3, 0.4) is 0 Å². The second-order valence-electron chi connectivity index (χ2n) is 5.41. The number of rotatable bonds is 1. The number of hydrogen-bond acceptors (Lipinski definition) is 3. The molecule has 1 aromatic heterocycles. The summed E-state index contributed by atoms with van der Waals surface area (Å²) >= 11 is 0. The third-order valence-electron chi connectivity index (χ3n) is 2.92. The van der Waals surface area contributed by atoms with Gasteiger partial charge in [-0.15, -0.1) is 0 Å². The number of aromatic nitrogens is 2. The molecule has 0 spiro atoms. The van der Waals surface area contributed by atoms with Crippen LogP contribution in [0.15, 0.2) is 10.9 Å². The molecule has 2 heterocycles. The average molecular weight is 221 g/mol. The van der Waals surface area contributed by atoms with E-state index in [0.717, 1.165) is 30.9 Å². The first-order valence-electron chi connectivity index (χ1n) is 5.82. The highest BCUT2D eigenvalue weighted by molar-refractivity contribution is 5.14. The summed E-state index contributed by atoms with van der Waals surface area (Å²) in [6, 6.07) is 1.81. The van der Waals surface area contributed by atoms with Crippen LogP contribution < -0.4 is 10.9 Å². The van der Waals surface area contributed by atoms with Crippen molar-refractivity contribution in [3.8, 4) is 0 Å². The molecule has 1 aliphatic rings. The van der Waals surface area contributed by atoms with Crippen LogP contribution in [0.4, 0.5) is 0 Å². The highest BCUT2D eigenvalue weighted by Crippen LogP contribution is 2.22. The second kappa shape index (κ2) is 4.01. The Labute approximate surface area is 95.5 Å². The molecular weight excluding hydrogens is 202 g/mol. The number of aromatic amines is 1. The summed E-state index contributed by atoms with van der Waals surface area (Å²) in [4.78, 5) is 19.0. The lowest BCUT2D eigenvalue weighted by Crippen LogP contribution is -2.25. The normalized spacial score (nSPS) is 21.3. The van der Waals surface area contributed by atoms with E-state index in [2.05, 4.69) is 36.1 Å². The van der Waals surface area contributed by atoms with E-state index in [4.69, 9.17) is 0 Å². The lowest BCUT2D eigenvalue weighted by atomic mass is 9.92. The van der Waals surface area contributed by atoms with Gasteiger partial charge in [-0.25, -0.2) is 4.98 Å². The quantitative estimate of drug-likeness (QED) is 0.755. The van der Waals surface area contributed by atoms with Crippen LogP contribution in [0.2, 0.25) is 0 Å². The third-order valence-corrected chi connectivity index (χ3v) is 2.92. The molecule has 1 aliphatic heterocycles. The Hall–Kier alpha value is -1.16. The minimum Gasteiger partial charge on any atom is -0.309 e. The molecule has 4 nitrogen and oxygen atoms in total. The van der Waals surface area contributed by atoms with Crippen LogP contribution >= 0.6 is 0 Å². The van der Waals surface area contributed by atoms with Crippen molar-refractivity contribution in [3.63, 3.8) is 0 Å². The molecule has 1 unspecified atom stereocenters. The fraction of sp³-hybridized carbons (Fsp3) is 0.667. The molecule has 0 aliphatic carbocycles. The van der Waals surface area contributed by atoms with E-state index in [-0.39, 0.29) is 17.0 Å². The third kappa shape index (κ3) is 2.32. The van der Waals surface area contributed by atoms with Crippen molar-refractivity contribution in [2.75, 3.05) is 6.54 Å². The number of nitrogens with zero attached hydrogens (tertiary/aromatic N) is 1. The van der Waals surface area contributed by atoms with Gasteiger partial charge in [0.15, 0.2) is 0 Å². The largest absolute Gasteiger partial charge is 0.309 e. The topological polar surface area (TPSA) is 57.8 Å². The van der Waals surface area contributed by atoms with Crippen LogP contribution in [-0.2, 0) is 5.41 Å². The Morgan fingerprint density at radius 3 is 2.75 bits per heavy atom. The molecule has 1 fully saturated rings. The van der Waals surface area contributed by atoms with E-state index in [9.17, 15) is 4.79 Å². The number of nitrogens with one attached hydrogen (secondary N) is 2. The first-order chi connectivity index (χ1) is 7.47. The Balaban J connectivity index is 2.39. The van der Waals surface area contributed by atoms with E-state index < -0.39 is 0 Å². The highest BCUT2D eigenvalue weighted by atomic mass is 16.1. The lowest BCUT2D eigenvalue weighted by molar-refractivity contribution is 0.539. The fourth-order valence-electron chi connectivity index (χ4n) is 1.94. The summed E-state index contributed by atoms with van der Waals surface area (Å²) in [5, 5.41) is 3.35. The molecule has 1 atom stereocenters. The van der Waals surface area contributed by atoms with Gasteiger partial charge >= 0.3 is 0 Å². The molecule has 0 radical (unpaired) electrons. The maximum absolute atomic E-state index is 11.6. The smallest absolute Gasteiger partial charge is 0.251 e. The summed E-state index contributed by atoms with van der Waals surface area (Å²) in [5.74, 6) is 0.787. The van der Waals surface area contributed by atoms with Crippen molar-refractivity contribution in [2.45, 2.75) is 45.1 Å². The molecule has 2 N–H and O–H groups in total. The van der Waals surface area contributed by atoms with Crippen molar-refractivity contribution in [1.29, 1.82) is 0 Å². The highest BCUT2D eigenvalue weighted by Gasteiger charge is 2.22. The molecule has 2 rings (SSSR count). The maximum atomic E-state index is 11.6. The summed E-state index contributed by atoms with van der Waals surface area (Å²) in [6.07, 6.45) is 2.20. The predicted molar refractivity (Wildman–Crippen MR) is 63.5 cm³/mol. The van der Waals surface area contributed by atoms with E-state index in [1.54, 1.807) is 6.07 Å². The molecule has 0 saturated carbocycles. The Kier molecular flexibility index (Phi) is 2.84. The van der Waals surface area contributed by atoms with E-state index in [1.165, 1.54) is 0 Å². The van der Waals surface area contributed by atoms with Crippen LogP contribution in [0, 0.1) is 0 Å². The lowest BCUT2D eigenvalue weighted by Gasteiger charge is -2.19. The first-order valence-corrected chi connectivity index (χ1v) is 5.82. The maximum Gasteiger partial charge on any atom is 0.251 e. The molecule has 4 heteroatoms. The molecule has 0 bridgehead atoms. The van der Waals surface area contributed by atoms with Gasteiger partial charge in [-0.1, -0.05) is 20.8 Å². The van der Waals surface area contributed by atoms with Crippen molar-refractivity contribution >= 4 is 0 Å². The van der Waals surface area contributed by atoms with E-state index in [1.807, 2.05) is 0 Å². The van der Waals surface area contributed by atoms with Gasteiger partial charge in [-0.3, -0.25) is 4.79 Å². The zero-order valence-corrected chi connectivity index (χ0v) is 10.1. The van der Waals surface area contributed by atoms with E-state index >= 15 is 0 Å². The number of hydrogen-bond donors (Lipinski definition) is 2. The predicted octanol–water partition coefficient (Wildman–Crippen LogP) is 1.49. The van der Waals surface area contributed by atoms with Gasteiger partial charge in [0.05, 0.1) is 11.7 Å². The Morgan fingerprint density at radius 2 is 2.19 bits per heavy atom. The van der Waals surface area contributed by atoms with Crippen LogP contribution in [0.1, 0.15) is 51.2 Å². The average Bonchev–Trinajstić information content (AvgIpc) is 2.68. The summed E-state index contributed by atoms with van der Waals surface area (Å²) in [6.45, 7) is 7.22. The van der Waals surface area contributed by atoms with Crippen molar-refractivity contribution in [1.82, 2.24) is 15.3 Å². The zero-order valence-electron chi connectivity index (χ0n) is 10.1. The molecule has 1 saturated heterocycles. The second-order valence-corrected chi connectivity index (χ2v) is 5.41. The fourth-order valence-corrected chi connectivity index (χ4v) is 1.94. The minimum atomic E-state index is -0.0817. The SMILES string of the molecule is CC(C)(C)c1cc(=O)[nH]c(C2CCCN2)n1. The Bertz CT molecular complexity index is 425. The molecular formula is C12H19N3O. The molecule has 0 amide bonds. The van der Waals surface area contributed by atoms with Gasteiger partial charge in [-0.2, -0.15) is 0 Å². The Morgan fingerprint density at radius 1 is 1.44 bits per heavy atom. The monoisotopic (exact) mass is 221 g/mol. The summed E-state index contributed by atoms with van der Waals surface area (Å²) < 4.78 is 0. The first kappa shape index (κ1) is 11.3. The van der Waals surface area contributed by atoms with Gasteiger partial charge in [0.1, 0.15) is 5.82 Å². The summed E-state index contributed by atoms with van der Waals surface area (Å²) in [5.41, 5.74) is 0.727. The van der Waals surface area contributed by atoms with Gasteiger partial charge in [0, 0.05) is 11.5 Å². The standard InChI is InChI=1S/C12H19N3O/c1-12(2,3)9-7-10(16)15-11(14-9)8-5-4-6-13-8/h7-8,13H,4-6H2,1-3H3,(H,14,15,16). The van der Waals surface area contributed by atoms with Gasteiger partial charge in [0.25, 0.3) is 5.56 Å². The van der Waals surface area contributed by atoms with Crippen molar-refractivity contribution in [2.24, 2.45) is 0 Å². The summed E-state index contributed by atoms with van der Waals surface area (Å²) in [7, 11) is 0. The van der Waals surface area contributed by atoms with Gasteiger partial charge < -0.3 is 10.3 Å². The van der Waals surface area contributed by atoms with Crippen molar-refractivity contribution in [3.05, 3.63) is 27.9 Å².